The topological polar surface area (TPSA) is 37.3 Å². The van der Waals surface area contributed by atoms with Crippen molar-refractivity contribution in [1.29, 1.82) is 0 Å². The Morgan fingerprint density at radius 1 is 1.44 bits per heavy atom. The first kappa shape index (κ1) is 13.6. The van der Waals surface area contributed by atoms with E-state index < -0.39 is 10.3 Å². The molecule has 1 N–H and O–H groups in total. The molecule has 16 heavy (non-hydrogen) atoms. The van der Waals surface area contributed by atoms with Crippen molar-refractivity contribution in [1.82, 2.24) is 0 Å². The molecule has 0 saturated heterocycles. The Morgan fingerprint density at radius 3 is 2.62 bits per heavy atom. The van der Waals surface area contributed by atoms with E-state index in [0.717, 1.165) is 11.5 Å². The van der Waals surface area contributed by atoms with E-state index in [2.05, 4.69) is 28.1 Å². The van der Waals surface area contributed by atoms with Crippen LogP contribution >= 0.6 is 27.7 Å². The number of aliphatic carboxylic acids is 1. The predicted octanol–water partition coefficient (Wildman–Crippen LogP) is 3.55. The molecule has 0 aliphatic heterocycles. The lowest BCUT2D eigenvalue weighted by molar-refractivity contribution is -0.139. The van der Waals surface area contributed by atoms with Crippen LogP contribution in [0.5, 0.6) is 0 Å². The van der Waals surface area contributed by atoms with Gasteiger partial charge < -0.3 is 5.11 Å². The maximum absolute atomic E-state index is 10.8. The summed E-state index contributed by atoms with van der Waals surface area (Å²) in [6.07, 6.45) is 0.625. The third-order valence-corrected chi connectivity index (χ3v) is 4.04. The highest BCUT2D eigenvalue weighted by molar-refractivity contribution is 9.10. The molecular weight excluding hydrogens is 288 g/mol. The number of carbonyl (C=O) groups is 1. The van der Waals surface area contributed by atoms with Crippen molar-refractivity contribution >= 4 is 33.7 Å². The molecule has 0 saturated carbocycles. The van der Waals surface area contributed by atoms with Crippen LogP contribution < -0.4 is 0 Å². The monoisotopic (exact) mass is 302 g/mol. The van der Waals surface area contributed by atoms with E-state index in [1.807, 2.05) is 18.2 Å². The second kappa shape index (κ2) is 6.30. The molecule has 4 heteroatoms. The van der Waals surface area contributed by atoms with Gasteiger partial charge in [0.15, 0.2) is 0 Å². The second-order valence-corrected chi connectivity index (χ2v) is 6.65. The van der Waals surface area contributed by atoms with Crippen molar-refractivity contribution in [3.05, 3.63) is 35.9 Å². The summed E-state index contributed by atoms with van der Waals surface area (Å²) in [7, 11) is 0. The Bertz CT molecular complexity index is 338. The van der Waals surface area contributed by atoms with Gasteiger partial charge in [0.2, 0.25) is 0 Å². The molecule has 0 aromatic heterocycles. The van der Waals surface area contributed by atoms with Crippen LogP contribution in [-0.4, -0.2) is 21.2 Å². The Hall–Kier alpha value is -0.480. The van der Waals surface area contributed by atoms with Gasteiger partial charge in [0, 0.05) is 5.75 Å². The van der Waals surface area contributed by atoms with E-state index in [1.165, 1.54) is 5.56 Å². The van der Waals surface area contributed by atoms with E-state index in [0.29, 0.717) is 6.42 Å². The molecule has 0 aliphatic carbocycles. The molecule has 1 rings (SSSR count). The van der Waals surface area contributed by atoms with Crippen molar-refractivity contribution in [2.75, 3.05) is 5.75 Å². The van der Waals surface area contributed by atoms with Crippen LogP contribution in [0, 0.1) is 0 Å². The summed E-state index contributed by atoms with van der Waals surface area (Å²) in [4.78, 5) is 10.8. The van der Waals surface area contributed by atoms with Gasteiger partial charge in [0.05, 0.1) is 0 Å². The van der Waals surface area contributed by atoms with Gasteiger partial charge in [-0.25, -0.2) is 0 Å². The third-order valence-electron chi connectivity index (χ3n) is 2.27. The van der Waals surface area contributed by atoms with Gasteiger partial charge in [0.1, 0.15) is 4.32 Å². The largest absolute Gasteiger partial charge is 0.480 e. The first-order valence-corrected chi connectivity index (χ1v) is 7.01. The van der Waals surface area contributed by atoms with Crippen LogP contribution in [0.1, 0.15) is 18.9 Å². The summed E-state index contributed by atoms with van der Waals surface area (Å²) in [6, 6.07) is 10.2. The number of benzene rings is 1. The highest BCUT2D eigenvalue weighted by atomic mass is 79.9. The summed E-state index contributed by atoms with van der Waals surface area (Å²) in [5, 5.41) is 8.90. The van der Waals surface area contributed by atoms with Crippen molar-refractivity contribution in [3.63, 3.8) is 0 Å². The van der Waals surface area contributed by atoms with Crippen molar-refractivity contribution in [2.45, 2.75) is 23.4 Å². The minimum Gasteiger partial charge on any atom is -0.480 e. The molecule has 1 aromatic carbocycles. The number of thioether (sulfide) groups is 1. The summed E-state index contributed by atoms with van der Waals surface area (Å²) in [5.41, 5.74) is 1.28. The molecule has 0 fully saturated rings. The zero-order valence-electron chi connectivity index (χ0n) is 9.15. The second-order valence-electron chi connectivity index (χ2n) is 3.79. The van der Waals surface area contributed by atoms with Crippen molar-refractivity contribution < 1.29 is 9.90 Å². The number of carboxylic acids is 1. The number of halogens is 1. The van der Waals surface area contributed by atoms with Gasteiger partial charge in [-0.3, -0.25) is 4.79 Å². The van der Waals surface area contributed by atoms with Crippen molar-refractivity contribution in [3.8, 4) is 0 Å². The molecular formula is C12H15BrO2S. The van der Waals surface area contributed by atoms with Gasteiger partial charge in [-0.15, -0.1) is 0 Å². The molecule has 0 spiro atoms. The molecule has 0 radical (unpaired) electrons. The molecule has 0 heterocycles. The molecule has 1 unspecified atom stereocenters. The fraction of sp³-hybridized carbons (Fsp3) is 0.417. The molecule has 0 bridgehead atoms. The van der Waals surface area contributed by atoms with Gasteiger partial charge in [0.25, 0.3) is 0 Å². The van der Waals surface area contributed by atoms with E-state index in [4.69, 9.17) is 5.11 Å². The summed E-state index contributed by atoms with van der Waals surface area (Å²) >= 11 is 4.98. The quantitative estimate of drug-likeness (QED) is 0.645. The van der Waals surface area contributed by atoms with E-state index in [-0.39, 0.29) is 0 Å². The van der Waals surface area contributed by atoms with Crippen LogP contribution in [0.4, 0.5) is 0 Å². The Kier molecular flexibility index (Phi) is 5.35. The zero-order valence-corrected chi connectivity index (χ0v) is 11.6. The van der Waals surface area contributed by atoms with Crippen LogP contribution in [0.25, 0.3) is 0 Å². The molecule has 2 nitrogen and oxygen atoms in total. The maximum atomic E-state index is 10.8. The number of hydrogen-bond donors (Lipinski definition) is 1. The van der Waals surface area contributed by atoms with Crippen LogP contribution in [-0.2, 0) is 10.5 Å². The van der Waals surface area contributed by atoms with E-state index in [1.54, 1.807) is 18.7 Å². The smallest absolute Gasteiger partial charge is 0.320 e. The lowest BCUT2D eigenvalue weighted by Crippen LogP contribution is -2.28. The summed E-state index contributed by atoms with van der Waals surface area (Å²) < 4.78 is -0.795. The molecule has 0 amide bonds. The molecule has 88 valence electrons. The first-order chi connectivity index (χ1) is 7.52. The predicted molar refractivity (Wildman–Crippen MR) is 72.2 cm³/mol. The number of hydrogen-bond acceptors (Lipinski definition) is 2. The highest BCUT2D eigenvalue weighted by Crippen LogP contribution is 2.25. The van der Waals surface area contributed by atoms with Crippen LogP contribution in [0.15, 0.2) is 30.3 Å². The van der Waals surface area contributed by atoms with Gasteiger partial charge in [-0.2, -0.15) is 11.8 Å². The maximum Gasteiger partial charge on any atom is 0.320 e. The highest BCUT2D eigenvalue weighted by Gasteiger charge is 2.28. The SMILES string of the molecule is CC(Br)(CCSCc1ccccc1)C(=O)O. The molecule has 0 aliphatic rings. The molecule has 1 aromatic rings. The number of alkyl halides is 1. The average molecular weight is 303 g/mol. The summed E-state index contributed by atoms with van der Waals surface area (Å²) in [5.74, 6) is 0.972. The van der Waals surface area contributed by atoms with Crippen LogP contribution in [0.2, 0.25) is 0 Å². The summed E-state index contributed by atoms with van der Waals surface area (Å²) in [6.45, 7) is 1.69. The average Bonchev–Trinajstić information content (AvgIpc) is 2.26. The fourth-order valence-electron chi connectivity index (χ4n) is 1.14. The Labute approximate surface area is 109 Å². The van der Waals surface area contributed by atoms with E-state index in [9.17, 15) is 4.79 Å². The van der Waals surface area contributed by atoms with E-state index >= 15 is 0 Å². The van der Waals surface area contributed by atoms with Gasteiger partial charge in [-0.05, 0) is 24.7 Å². The first-order valence-electron chi connectivity index (χ1n) is 5.06. The minimum absolute atomic E-state index is 0.625. The molecule has 1 atom stereocenters. The Balaban J connectivity index is 2.25. The lowest BCUT2D eigenvalue weighted by Gasteiger charge is -2.16. The Morgan fingerprint density at radius 2 is 2.06 bits per heavy atom. The van der Waals surface area contributed by atoms with Crippen molar-refractivity contribution in [2.24, 2.45) is 0 Å². The third kappa shape index (κ3) is 4.58. The van der Waals surface area contributed by atoms with Gasteiger partial charge in [-0.1, -0.05) is 46.3 Å². The fourth-order valence-corrected chi connectivity index (χ4v) is 2.72. The standard InChI is InChI=1S/C12H15BrO2S/c1-12(13,11(14)15)7-8-16-9-10-5-3-2-4-6-10/h2-6H,7-9H2,1H3,(H,14,15). The normalized spacial score (nSPS) is 14.4. The van der Waals surface area contributed by atoms with Gasteiger partial charge >= 0.3 is 5.97 Å². The zero-order chi connectivity index (χ0) is 12.0. The number of carboxylic acid groups (broad SMARTS) is 1. The van der Waals surface area contributed by atoms with Crippen LogP contribution in [0.3, 0.4) is 0 Å². The number of rotatable bonds is 6. The minimum atomic E-state index is -0.798. The lowest BCUT2D eigenvalue weighted by atomic mass is 10.1.